The van der Waals surface area contributed by atoms with Gasteiger partial charge in [-0.05, 0) is 48.6 Å². The Hall–Kier alpha value is -2.67. The molecule has 30 heavy (non-hydrogen) atoms. The summed E-state index contributed by atoms with van der Waals surface area (Å²) >= 11 is 0. The van der Waals surface area contributed by atoms with Crippen molar-refractivity contribution in [3.05, 3.63) is 41.9 Å². The number of ether oxygens (including phenoxy) is 3. The fourth-order valence-electron chi connectivity index (χ4n) is 4.82. The van der Waals surface area contributed by atoms with Crippen molar-refractivity contribution in [3.63, 3.8) is 0 Å². The molecule has 7 nitrogen and oxygen atoms in total. The Bertz CT molecular complexity index is 841. The third kappa shape index (κ3) is 4.12. The van der Waals surface area contributed by atoms with Gasteiger partial charge in [0.05, 0.1) is 34.1 Å². The normalized spacial score (nSPS) is 22.0. The van der Waals surface area contributed by atoms with Crippen LogP contribution in [0, 0.1) is 5.92 Å². The van der Waals surface area contributed by atoms with Crippen LogP contribution < -0.4 is 14.2 Å². The summed E-state index contributed by atoms with van der Waals surface area (Å²) in [5.74, 6) is 3.49. The predicted molar refractivity (Wildman–Crippen MR) is 112 cm³/mol. The molecule has 0 N–H and O–H groups in total. The van der Waals surface area contributed by atoms with Gasteiger partial charge in [0, 0.05) is 32.1 Å². The predicted octanol–water partition coefficient (Wildman–Crippen LogP) is 3.32. The lowest BCUT2D eigenvalue weighted by molar-refractivity contribution is -0.142. The van der Waals surface area contributed by atoms with Gasteiger partial charge in [-0.15, -0.1) is 0 Å². The maximum absolute atomic E-state index is 12.8. The average molecular weight is 415 g/mol. The Morgan fingerprint density at radius 2 is 1.83 bits per heavy atom. The lowest BCUT2D eigenvalue weighted by Gasteiger charge is -2.47. The number of carbonyl (C=O) groups is 1. The van der Waals surface area contributed by atoms with Crippen LogP contribution in [0.25, 0.3) is 0 Å². The van der Waals surface area contributed by atoms with E-state index in [4.69, 9.17) is 18.6 Å². The Morgan fingerprint density at radius 3 is 2.47 bits per heavy atom. The van der Waals surface area contributed by atoms with E-state index in [-0.39, 0.29) is 11.9 Å². The van der Waals surface area contributed by atoms with Gasteiger partial charge in [-0.3, -0.25) is 9.69 Å². The summed E-state index contributed by atoms with van der Waals surface area (Å²) in [6, 6.07) is 8.08. The molecule has 7 heteroatoms. The maximum Gasteiger partial charge on any atom is 0.223 e. The molecule has 0 unspecified atom stereocenters. The van der Waals surface area contributed by atoms with E-state index in [1.807, 2.05) is 24.3 Å². The third-order valence-electron chi connectivity index (χ3n) is 6.26. The zero-order chi connectivity index (χ0) is 21.1. The molecule has 2 aromatic rings. The monoisotopic (exact) mass is 414 g/mol. The summed E-state index contributed by atoms with van der Waals surface area (Å²) < 4.78 is 21.9. The first kappa shape index (κ1) is 20.6. The zero-order valence-corrected chi connectivity index (χ0v) is 17.9. The Kier molecular flexibility index (Phi) is 6.18. The molecule has 1 amide bonds. The van der Waals surface area contributed by atoms with Crippen molar-refractivity contribution in [2.45, 2.75) is 38.4 Å². The molecule has 0 bridgehead atoms. The van der Waals surface area contributed by atoms with E-state index in [1.165, 1.54) is 0 Å². The van der Waals surface area contributed by atoms with Crippen LogP contribution in [0.3, 0.4) is 0 Å². The molecule has 1 aromatic carbocycles. The number of piperidine rings is 2. The summed E-state index contributed by atoms with van der Waals surface area (Å²) in [5.41, 5.74) is 0.983. The summed E-state index contributed by atoms with van der Waals surface area (Å²) in [4.78, 5) is 17.3. The van der Waals surface area contributed by atoms with Crippen LogP contribution in [-0.2, 0) is 17.9 Å². The molecule has 0 spiro atoms. The van der Waals surface area contributed by atoms with E-state index >= 15 is 0 Å². The second-order valence-electron chi connectivity index (χ2n) is 8.02. The first-order valence-electron chi connectivity index (χ1n) is 10.5. The number of furan rings is 1. The van der Waals surface area contributed by atoms with Gasteiger partial charge in [0.1, 0.15) is 5.76 Å². The lowest BCUT2D eigenvalue weighted by Crippen LogP contribution is -2.55. The van der Waals surface area contributed by atoms with Gasteiger partial charge in [-0.1, -0.05) is 0 Å². The molecule has 2 aliphatic heterocycles. The highest BCUT2D eigenvalue weighted by molar-refractivity contribution is 5.77. The summed E-state index contributed by atoms with van der Waals surface area (Å²) in [5, 5.41) is 0. The first-order valence-corrected chi connectivity index (χ1v) is 10.5. The molecule has 2 aliphatic rings. The second kappa shape index (κ2) is 9.00. The number of nitrogens with zero attached hydrogens (tertiary/aromatic N) is 2. The number of carbonyl (C=O) groups excluding carboxylic acids is 1. The largest absolute Gasteiger partial charge is 0.493 e. The standard InChI is InChI=1S/C23H30N2O5/c1-27-20-11-16(12-21(28-2)23(20)29-3)13-25-19-8-9-24(15-18-5-4-10-30-18)14-17(19)6-7-22(25)26/h4-5,10-12,17,19H,6-9,13-15H2,1-3H3/t17-,19+/m1/s1. The maximum atomic E-state index is 12.8. The van der Waals surface area contributed by atoms with E-state index in [0.29, 0.717) is 36.1 Å². The SMILES string of the molecule is COc1cc(CN2C(=O)CC[C@@H]3CN(Cc4ccco4)CC[C@@H]32)cc(OC)c1OC. The van der Waals surface area contributed by atoms with Gasteiger partial charge in [0.2, 0.25) is 11.7 Å². The van der Waals surface area contributed by atoms with Crippen LogP contribution >= 0.6 is 0 Å². The molecule has 0 aliphatic carbocycles. The number of hydrogen-bond acceptors (Lipinski definition) is 6. The Labute approximate surface area is 177 Å². The molecule has 4 rings (SSSR count). The highest BCUT2D eigenvalue weighted by Gasteiger charge is 2.39. The molecule has 162 valence electrons. The van der Waals surface area contributed by atoms with Crippen molar-refractivity contribution in [2.24, 2.45) is 5.92 Å². The van der Waals surface area contributed by atoms with Crippen molar-refractivity contribution in [1.29, 1.82) is 0 Å². The van der Waals surface area contributed by atoms with Crippen LogP contribution in [0.1, 0.15) is 30.6 Å². The van der Waals surface area contributed by atoms with Gasteiger partial charge in [-0.25, -0.2) is 0 Å². The summed E-state index contributed by atoms with van der Waals surface area (Å²) in [6.07, 6.45) is 4.24. The van der Waals surface area contributed by atoms with Gasteiger partial charge < -0.3 is 23.5 Å². The van der Waals surface area contributed by atoms with E-state index in [2.05, 4.69) is 9.80 Å². The Morgan fingerprint density at radius 1 is 1.07 bits per heavy atom. The van der Waals surface area contributed by atoms with Crippen molar-refractivity contribution in [3.8, 4) is 17.2 Å². The van der Waals surface area contributed by atoms with Crippen molar-refractivity contribution >= 4 is 5.91 Å². The smallest absolute Gasteiger partial charge is 0.223 e. The van der Waals surface area contributed by atoms with Gasteiger partial charge in [0.25, 0.3) is 0 Å². The Balaban J connectivity index is 1.49. The topological polar surface area (TPSA) is 64.4 Å². The number of rotatable bonds is 7. The van der Waals surface area contributed by atoms with Crippen LogP contribution in [-0.4, -0.2) is 56.2 Å². The van der Waals surface area contributed by atoms with Crippen LogP contribution in [0.4, 0.5) is 0 Å². The molecule has 3 heterocycles. The van der Waals surface area contributed by atoms with Crippen LogP contribution in [0.15, 0.2) is 34.9 Å². The lowest BCUT2D eigenvalue weighted by atomic mass is 9.83. The van der Waals surface area contributed by atoms with Gasteiger partial charge in [-0.2, -0.15) is 0 Å². The van der Waals surface area contributed by atoms with Crippen molar-refractivity contribution in [1.82, 2.24) is 9.80 Å². The third-order valence-corrected chi connectivity index (χ3v) is 6.26. The summed E-state index contributed by atoms with van der Waals surface area (Å²) in [7, 11) is 4.81. The molecule has 1 aromatic heterocycles. The van der Waals surface area contributed by atoms with E-state index in [0.717, 1.165) is 43.8 Å². The summed E-state index contributed by atoms with van der Waals surface area (Å²) in [6.45, 7) is 3.33. The first-order chi connectivity index (χ1) is 14.6. The van der Waals surface area contributed by atoms with Crippen LogP contribution in [0.5, 0.6) is 17.2 Å². The quantitative estimate of drug-likeness (QED) is 0.693. The van der Waals surface area contributed by atoms with Crippen LogP contribution in [0.2, 0.25) is 0 Å². The highest BCUT2D eigenvalue weighted by atomic mass is 16.5. The van der Waals surface area contributed by atoms with E-state index in [1.54, 1.807) is 27.6 Å². The molecule has 2 fully saturated rings. The van der Waals surface area contributed by atoms with E-state index in [9.17, 15) is 4.79 Å². The minimum Gasteiger partial charge on any atom is -0.493 e. The van der Waals surface area contributed by atoms with Crippen molar-refractivity contribution in [2.75, 3.05) is 34.4 Å². The molecule has 0 saturated carbocycles. The second-order valence-corrected chi connectivity index (χ2v) is 8.02. The van der Waals surface area contributed by atoms with Gasteiger partial charge in [0.15, 0.2) is 11.5 Å². The molecular weight excluding hydrogens is 384 g/mol. The van der Waals surface area contributed by atoms with Crippen molar-refractivity contribution < 1.29 is 23.4 Å². The fourth-order valence-corrected chi connectivity index (χ4v) is 4.82. The minimum atomic E-state index is 0.226. The molecule has 2 atom stereocenters. The van der Waals surface area contributed by atoms with Gasteiger partial charge >= 0.3 is 0 Å². The number of likely N-dealkylation sites (tertiary alicyclic amines) is 2. The molecule has 2 saturated heterocycles. The number of fused-ring (bicyclic) bond motifs is 1. The molecule has 0 radical (unpaired) electrons. The highest BCUT2D eigenvalue weighted by Crippen LogP contribution is 2.39. The number of hydrogen-bond donors (Lipinski definition) is 0. The zero-order valence-electron chi connectivity index (χ0n) is 17.9. The minimum absolute atomic E-state index is 0.226. The average Bonchev–Trinajstić information content (AvgIpc) is 3.28. The fraction of sp³-hybridized carbons (Fsp3) is 0.522. The number of benzene rings is 1. The number of methoxy groups -OCH3 is 3. The van der Waals surface area contributed by atoms with E-state index < -0.39 is 0 Å². The molecular formula is C23H30N2O5. The number of amides is 1.